The summed E-state index contributed by atoms with van der Waals surface area (Å²) < 4.78 is 15.8. The van der Waals surface area contributed by atoms with Gasteiger partial charge >= 0.3 is 11.6 Å². The van der Waals surface area contributed by atoms with E-state index >= 15 is 0 Å². The summed E-state index contributed by atoms with van der Waals surface area (Å²) >= 11 is 0. The number of fused-ring (bicyclic) bond motifs is 1. The van der Waals surface area contributed by atoms with Gasteiger partial charge in [0, 0.05) is 11.5 Å². The van der Waals surface area contributed by atoms with Gasteiger partial charge in [-0.1, -0.05) is 13.8 Å². The normalized spacial score (nSPS) is 11.8. The summed E-state index contributed by atoms with van der Waals surface area (Å²) in [4.78, 5) is 47.8. The maximum absolute atomic E-state index is 12.4. The van der Waals surface area contributed by atoms with Crippen LogP contribution in [-0.2, 0) is 20.8 Å². The third-order valence-corrected chi connectivity index (χ3v) is 4.82. The van der Waals surface area contributed by atoms with Gasteiger partial charge in [0.05, 0.1) is 32.7 Å². The molecule has 31 heavy (non-hydrogen) atoms. The van der Waals surface area contributed by atoms with Gasteiger partial charge in [0.1, 0.15) is 11.6 Å². The van der Waals surface area contributed by atoms with Gasteiger partial charge < -0.3 is 29.6 Å². The summed E-state index contributed by atoms with van der Waals surface area (Å²) in [5.74, 6) is -1.87. The molecule has 0 radical (unpaired) electrons. The van der Waals surface area contributed by atoms with E-state index in [4.69, 9.17) is 19.0 Å². The van der Waals surface area contributed by atoms with E-state index in [9.17, 15) is 19.2 Å². The zero-order valence-corrected chi connectivity index (χ0v) is 18.0. The standard InChI is InChI=1S/C21H26N2O8/c1-10(2)19(20(26)27)23-18(25)9-22-17(24)7-13-11(3)12-6-15(29-4)16(30-5)8-14(12)31-21(13)28/h6,8,10,19H,7,9H2,1-5H3,(H,22,24)(H,23,25)(H,26,27). The van der Waals surface area contributed by atoms with E-state index in [1.165, 1.54) is 20.3 Å². The molecule has 1 heterocycles. The molecule has 0 spiro atoms. The lowest BCUT2D eigenvalue weighted by Gasteiger charge is -2.18. The summed E-state index contributed by atoms with van der Waals surface area (Å²) in [6.07, 6.45) is -0.307. The van der Waals surface area contributed by atoms with Crippen LogP contribution in [0, 0.1) is 12.8 Å². The molecule has 168 valence electrons. The van der Waals surface area contributed by atoms with Crippen molar-refractivity contribution in [3.8, 4) is 11.5 Å². The van der Waals surface area contributed by atoms with Gasteiger partial charge in [-0.2, -0.15) is 0 Å². The van der Waals surface area contributed by atoms with Crippen molar-refractivity contribution in [1.29, 1.82) is 0 Å². The highest BCUT2D eigenvalue weighted by Crippen LogP contribution is 2.33. The highest BCUT2D eigenvalue weighted by atomic mass is 16.5. The summed E-state index contributed by atoms with van der Waals surface area (Å²) in [7, 11) is 2.94. The van der Waals surface area contributed by atoms with Gasteiger partial charge in [-0.15, -0.1) is 0 Å². The van der Waals surface area contributed by atoms with Crippen molar-refractivity contribution in [1.82, 2.24) is 10.6 Å². The third kappa shape index (κ3) is 5.53. The molecule has 1 aromatic heterocycles. The van der Waals surface area contributed by atoms with Crippen molar-refractivity contribution in [3.05, 3.63) is 33.7 Å². The molecule has 0 saturated heterocycles. The number of aliphatic carboxylic acids is 1. The largest absolute Gasteiger partial charge is 0.493 e. The Labute approximate surface area is 178 Å². The lowest BCUT2D eigenvalue weighted by Crippen LogP contribution is -2.48. The monoisotopic (exact) mass is 434 g/mol. The maximum atomic E-state index is 12.4. The van der Waals surface area contributed by atoms with E-state index in [2.05, 4.69) is 10.6 Å². The first-order valence-corrected chi connectivity index (χ1v) is 9.56. The number of hydrogen-bond donors (Lipinski definition) is 3. The zero-order chi connectivity index (χ0) is 23.3. The number of carboxylic acids is 1. The Morgan fingerprint density at radius 2 is 1.71 bits per heavy atom. The molecule has 1 unspecified atom stereocenters. The Morgan fingerprint density at radius 1 is 1.10 bits per heavy atom. The molecule has 0 aliphatic heterocycles. The first-order chi connectivity index (χ1) is 14.6. The number of rotatable bonds is 9. The highest BCUT2D eigenvalue weighted by molar-refractivity contribution is 5.90. The average Bonchev–Trinajstić information content (AvgIpc) is 2.72. The molecule has 0 fully saturated rings. The molecule has 10 nitrogen and oxygen atoms in total. The van der Waals surface area contributed by atoms with Crippen LogP contribution in [-0.4, -0.2) is 49.7 Å². The Kier molecular flexibility index (Phi) is 7.62. The lowest BCUT2D eigenvalue weighted by molar-refractivity contribution is -0.143. The van der Waals surface area contributed by atoms with Crippen LogP contribution < -0.4 is 25.7 Å². The Balaban J connectivity index is 2.16. The first kappa shape index (κ1) is 23.7. The molecule has 1 atom stereocenters. The number of aryl methyl sites for hydroxylation is 1. The van der Waals surface area contributed by atoms with Crippen LogP contribution in [0.1, 0.15) is 25.0 Å². The molecular formula is C21H26N2O8. The Bertz CT molecular complexity index is 1060. The summed E-state index contributed by atoms with van der Waals surface area (Å²) in [5, 5.41) is 14.4. The number of carbonyl (C=O) groups excluding carboxylic acids is 2. The molecule has 0 saturated carbocycles. The number of methoxy groups -OCH3 is 2. The number of hydrogen-bond acceptors (Lipinski definition) is 7. The number of benzene rings is 1. The van der Waals surface area contributed by atoms with Crippen molar-refractivity contribution in [2.75, 3.05) is 20.8 Å². The predicted molar refractivity (Wildman–Crippen MR) is 111 cm³/mol. The molecule has 0 aliphatic carbocycles. The van der Waals surface area contributed by atoms with Crippen molar-refractivity contribution in [2.24, 2.45) is 5.92 Å². The molecule has 0 aliphatic rings. The summed E-state index contributed by atoms with van der Waals surface area (Å²) in [6.45, 7) is 4.58. The second-order valence-electron chi connectivity index (χ2n) is 7.28. The van der Waals surface area contributed by atoms with Gasteiger partial charge in [-0.25, -0.2) is 9.59 Å². The molecule has 0 bridgehead atoms. The van der Waals surface area contributed by atoms with Gasteiger partial charge in [0.2, 0.25) is 11.8 Å². The average molecular weight is 434 g/mol. The first-order valence-electron chi connectivity index (χ1n) is 9.56. The second kappa shape index (κ2) is 9.96. The van der Waals surface area contributed by atoms with Gasteiger partial charge in [0.15, 0.2) is 11.5 Å². The fraction of sp³-hybridized carbons (Fsp3) is 0.429. The second-order valence-corrected chi connectivity index (χ2v) is 7.28. The van der Waals surface area contributed by atoms with Crippen molar-refractivity contribution < 1.29 is 33.4 Å². The molecule has 1 aromatic carbocycles. The molecular weight excluding hydrogens is 408 g/mol. The quantitative estimate of drug-likeness (QED) is 0.496. The molecule has 2 aromatic rings. The number of nitrogens with one attached hydrogen (secondary N) is 2. The van der Waals surface area contributed by atoms with Crippen molar-refractivity contribution in [3.63, 3.8) is 0 Å². The lowest BCUT2D eigenvalue weighted by atomic mass is 10.0. The minimum Gasteiger partial charge on any atom is -0.493 e. The highest BCUT2D eigenvalue weighted by Gasteiger charge is 2.24. The number of carboxylic acid groups (broad SMARTS) is 1. The van der Waals surface area contributed by atoms with Crippen LogP contribution in [0.2, 0.25) is 0 Å². The van der Waals surface area contributed by atoms with Crippen LogP contribution in [0.3, 0.4) is 0 Å². The van der Waals surface area contributed by atoms with E-state index in [0.717, 1.165) is 0 Å². The molecule has 2 rings (SSSR count). The van der Waals surface area contributed by atoms with E-state index in [0.29, 0.717) is 22.4 Å². The zero-order valence-electron chi connectivity index (χ0n) is 18.0. The van der Waals surface area contributed by atoms with Gasteiger partial charge in [-0.3, -0.25) is 9.59 Å². The van der Waals surface area contributed by atoms with Crippen LogP contribution in [0.4, 0.5) is 0 Å². The molecule has 2 amide bonds. The van der Waals surface area contributed by atoms with E-state index < -0.39 is 36.0 Å². The molecule has 3 N–H and O–H groups in total. The Morgan fingerprint density at radius 3 is 2.26 bits per heavy atom. The van der Waals surface area contributed by atoms with E-state index in [-0.39, 0.29) is 23.5 Å². The van der Waals surface area contributed by atoms with Crippen LogP contribution in [0.15, 0.2) is 21.3 Å². The minimum atomic E-state index is -1.16. The van der Waals surface area contributed by atoms with E-state index in [1.54, 1.807) is 26.8 Å². The van der Waals surface area contributed by atoms with Crippen LogP contribution >= 0.6 is 0 Å². The SMILES string of the molecule is COc1cc2oc(=O)c(CC(=O)NCC(=O)NC(C(=O)O)C(C)C)c(C)c2cc1OC. The van der Waals surface area contributed by atoms with Gasteiger partial charge in [0.25, 0.3) is 0 Å². The summed E-state index contributed by atoms with van der Waals surface area (Å²) in [5.41, 5.74) is 0.292. The topological polar surface area (TPSA) is 144 Å². The number of amides is 2. The fourth-order valence-corrected chi connectivity index (χ4v) is 3.06. The van der Waals surface area contributed by atoms with Crippen molar-refractivity contribution >= 4 is 28.8 Å². The Hall–Kier alpha value is -3.56. The minimum absolute atomic E-state index is 0.142. The van der Waals surface area contributed by atoms with Crippen LogP contribution in [0.5, 0.6) is 11.5 Å². The number of carbonyl (C=O) groups is 3. The molecule has 10 heteroatoms. The smallest absolute Gasteiger partial charge is 0.340 e. The predicted octanol–water partition coefficient (Wildman–Crippen LogP) is 1.00. The summed E-state index contributed by atoms with van der Waals surface area (Å²) in [6, 6.07) is 2.12. The van der Waals surface area contributed by atoms with Gasteiger partial charge in [-0.05, 0) is 24.5 Å². The van der Waals surface area contributed by atoms with Crippen molar-refractivity contribution in [2.45, 2.75) is 33.2 Å². The van der Waals surface area contributed by atoms with E-state index in [1.807, 2.05) is 0 Å². The maximum Gasteiger partial charge on any atom is 0.340 e. The number of ether oxygens (including phenoxy) is 2. The third-order valence-electron chi connectivity index (χ3n) is 4.82. The van der Waals surface area contributed by atoms with Crippen LogP contribution in [0.25, 0.3) is 11.0 Å². The fourth-order valence-electron chi connectivity index (χ4n) is 3.06.